The second-order valence-corrected chi connectivity index (χ2v) is 7.06. The predicted octanol–water partition coefficient (Wildman–Crippen LogP) is 4.05. The minimum Gasteiger partial charge on any atom is -0.367 e. The van der Waals surface area contributed by atoms with Crippen LogP contribution in [0.25, 0.3) is 22.7 Å². The van der Waals surface area contributed by atoms with Gasteiger partial charge in [0.15, 0.2) is 5.54 Å². The van der Waals surface area contributed by atoms with Gasteiger partial charge in [0.05, 0.1) is 27.7 Å². The number of dihydropyridines is 1. The van der Waals surface area contributed by atoms with Crippen molar-refractivity contribution in [1.29, 1.82) is 5.26 Å². The molecule has 1 atom stereocenters. The lowest BCUT2D eigenvalue weighted by Gasteiger charge is -2.21. The molecule has 4 rings (SSSR count). The van der Waals surface area contributed by atoms with E-state index in [4.69, 9.17) is 11.6 Å². The molecular weight excluding hydrogens is 380 g/mol. The van der Waals surface area contributed by atoms with Gasteiger partial charge in [0.25, 0.3) is 5.56 Å². The molecule has 7 heteroatoms. The Kier molecular flexibility index (Phi) is 4.40. The molecule has 0 saturated carbocycles. The molecule has 1 aliphatic rings. The lowest BCUT2D eigenvalue weighted by Crippen LogP contribution is -2.37. The number of fused-ring (bicyclic) bond motifs is 1. The number of benzene rings is 1. The molecular formula is C20H13ClN4OS. The lowest BCUT2D eigenvalue weighted by molar-refractivity contribution is 0.694. The van der Waals surface area contributed by atoms with Crippen LogP contribution >= 0.6 is 22.9 Å². The summed E-state index contributed by atoms with van der Waals surface area (Å²) < 4.78 is 1.47. The second kappa shape index (κ2) is 6.88. The smallest absolute Gasteiger partial charge is 0.267 e. The summed E-state index contributed by atoms with van der Waals surface area (Å²) in [5.74, 6) is 0.401. The highest BCUT2D eigenvalue weighted by atomic mass is 35.5. The third-order valence-electron chi connectivity index (χ3n) is 4.20. The van der Waals surface area contributed by atoms with Crippen molar-refractivity contribution in [3.05, 3.63) is 86.7 Å². The van der Waals surface area contributed by atoms with Crippen molar-refractivity contribution < 1.29 is 0 Å². The highest BCUT2D eigenvalue weighted by Gasteiger charge is 2.23. The minimum atomic E-state index is -0.999. The van der Waals surface area contributed by atoms with Crippen LogP contribution in [0.5, 0.6) is 0 Å². The van der Waals surface area contributed by atoms with Gasteiger partial charge in [-0.2, -0.15) is 5.26 Å². The maximum Gasteiger partial charge on any atom is 0.267 e. The molecule has 1 aliphatic heterocycles. The number of hydrogen-bond donors (Lipinski definition) is 1. The Morgan fingerprint density at radius 1 is 1.30 bits per heavy atom. The van der Waals surface area contributed by atoms with Crippen molar-refractivity contribution in [3.8, 4) is 11.8 Å². The topological polar surface area (TPSA) is 70.7 Å². The minimum absolute atomic E-state index is 0.202. The zero-order valence-corrected chi connectivity index (χ0v) is 15.5. The number of thiophene rings is 1. The molecule has 27 heavy (non-hydrogen) atoms. The summed E-state index contributed by atoms with van der Waals surface area (Å²) >= 11 is 7.75. The van der Waals surface area contributed by atoms with E-state index in [0.29, 0.717) is 27.4 Å². The number of nitrogens with one attached hydrogen (secondary N) is 1. The number of halogens is 1. The number of allylic oxidation sites excluding steroid dienone is 2. The van der Waals surface area contributed by atoms with Crippen molar-refractivity contribution in [2.45, 2.75) is 5.54 Å². The summed E-state index contributed by atoms with van der Waals surface area (Å²) in [6, 6.07) is 9.33. The van der Waals surface area contributed by atoms with E-state index in [0.717, 1.165) is 0 Å². The van der Waals surface area contributed by atoms with E-state index in [9.17, 15) is 10.1 Å². The zero-order chi connectivity index (χ0) is 18.9. The van der Waals surface area contributed by atoms with Crippen LogP contribution < -0.4 is 10.9 Å². The number of nitrogens with zero attached hydrogens (tertiary/aromatic N) is 3. The molecule has 2 aromatic heterocycles. The molecule has 0 fully saturated rings. The first-order valence-corrected chi connectivity index (χ1v) is 9.42. The molecule has 0 aliphatic carbocycles. The molecule has 3 heterocycles. The third-order valence-corrected chi connectivity index (χ3v) is 5.25. The summed E-state index contributed by atoms with van der Waals surface area (Å²) in [4.78, 5) is 17.7. The van der Waals surface area contributed by atoms with Crippen molar-refractivity contribution in [2.75, 3.05) is 0 Å². The van der Waals surface area contributed by atoms with E-state index in [1.807, 2.05) is 11.4 Å². The molecule has 0 saturated heterocycles. The van der Waals surface area contributed by atoms with Crippen LogP contribution in [0, 0.1) is 11.3 Å². The number of rotatable bonds is 3. The molecule has 1 unspecified atom stereocenters. The Morgan fingerprint density at radius 3 is 2.89 bits per heavy atom. The van der Waals surface area contributed by atoms with Crippen LogP contribution in [-0.2, 0) is 0 Å². The largest absolute Gasteiger partial charge is 0.367 e. The summed E-state index contributed by atoms with van der Waals surface area (Å²) in [6.07, 6.45) is 10.4. The standard InChI is InChI=1S/C20H13ClN4OS/c21-15-5-1-2-6-17(15)25-18(24-16-12-27-11-14(16)19(25)26)7-9-20(13-22)8-3-4-10-23-20/h1-12,23H. The van der Waals surface area contributed by atoms with Crippen molar-refractivity contribution >= 4 is 39.9 Å². The summed E-state index contributed by atoms with van der Waals surface area (Å²) in [5.41, 5.74) is -0.0398. The third kappa shape index (κ3) is 3.08. The fourth-order valence-corrected chi connectivity index (χ4v) is 3.78. The van der Waals surface area contributed by atoms with E-state index in [1.54, 1.807) is 60.2 Å². The van der Waals surface area contributed by atoms with Gasteiger partial charge in [-0.3, -0.25) is 9.36 Å². The SMILES string of the molecule is N#CC1(C=Cc2nc3cscc3c(=O)n2-c2ccccc2Cl)C=CC=CN1. The Morgan fingerprint density at radius 2 is 2.15 bits per heavy atom. The fraction of sp³-hybridized carbons (Fsp3) is 0.0500. The maximum absolute atomic E-state index is 13.1. The first kappa shape index (κ1) is 17.3. The molecule has 0 radical (unpaired) electrons. The Bertz CT molecular complexity index is 1210. The average Bonchev–Trinajstić information content (AvgIpc) is 3.17. The van der Waals surface area contributed by atoms with E-state index in [2.05, 4.69) is 16.4 Å². The van der Waals surface area contributed by atoms with Gasteiger partial charge in [-0.25, -0.2) is 4.98 Å². The van der Waals surface area contributed by atoms with Crippen LogP contribution in [0.2, 0.25) is 5.02 Å². The lowest BCUT2D eigenvalue weighted by atomic mass is 9.98. The highest BCUT2D eigenvalue weighted by molar-refractivity contribution is 7.09. The predicted molar refractivity (Wildman–Crippen MR) is 109 cm³/mol. The van der Waals surface area contributed by atoms with Crippen LogP contribution in [0.4, 0.5) is 0 Å². The molecule has 1 N–H and O–H groups in total. The van der Waals surface area contributed by atoms with Crippen LogP contribution in [0.15, 0.2) is 70.3 Å². The summed E-state index contributed by atoms with van der Waals surface area (Å²) in [7, 11) is 0. The second-order valence-electron chi connectivity index (χ2n) is 5.91. The number of nitriles is 1. The molecule has 0 amide bonds. The van der Waals surface area contributed by atoms with E-state index in [-0.39, 0.29) is 5.56 Å². The van der Waals surface area contributed by atoms with Gasteiger partial charge in [0.1, 0.15) is 5.82 Å². The number of para-hydroxylation sites is 1. The van der Waals surface area contributed by atoms with Gasteiger partial charge >= 0.3 is 0 Å². The Labute approximate surface area is 164 Å². The summed E-state index contributed by atoms with van der Waals surface area (Å²) in [5, 5.41) is 17.2. The van der Waals surface area contributed by atoms with Gasteiger partial charge in [0.2, 0.25) is 0 Å². The van der Waals surface area contributed by atoms with Gasteiger partial charge < -0.3 is 5.32 Å². The van der Waals surface area contributed by atoms with Gasteiger partial charge in [-0.1, -0.05) is 29.8 Å². The van der Waals surface area contributed by atoms with Gasteiger partial charge in [-0.05, 0) is 42.6 Å². The van der Waals surface area contributed by atoms with Crippen LogP contribution in [0.3, 0.4) is 0 Å². The zero-order valence-electron chi connectivity index (χ0n) is 14.0. The Hall–Kier alpha value is -3.14. The number of hydrogen-bond acceptors (Lipinski definition) is 5. The van der Waals surface area contributed by atoms with Crippen molar-refractivity contribution in [3.63, 3.8) is 0 Å². The quantitative estimate of drug-likeness (QED) is 0.730. The van der Waals surface area contributed by atoms with Gasteiger partial charge in [-0.15, -0.1) is 11.3 Å². The maximum atomic E-state index is 13.1. The van der Waals surface area contributed by atoms with Gasteiger partial charge in [0, 0.05) is 10.8 Å². The molecule has 132 valence electrons. The van der Waals surface area contributed by atoms with E-state index < -0.39 is 5.54 Å². The average molecular weight is 393 g/mol. The first-order valence-electron chi connectivity index (χ1n) is 8.10. The molecule has 1 aromatic carbocycles. The molecule has 5 nitrogen and oxygen atoms in total. The van der Waals surface area contributed by atoms with E-state index >= 15 is 0 Å². The Balaban J connectivity index is 1.94. The normalized spacial score (nSPS) is 18.7. The van der Waals surface area contributed by atoms with Crippen molar-refractivity contribution in [2.24, 2.45) is 0 Å². The fourth-order valence-electron chi connectivity index (χ4n) is 2.83. The molecule has 0 spiro atoms. The molecule has 0 bridgehead atoms. The van der Waals surface area contributed by atoms with E-state index in [1.165, 1.54) is 15.9 Å². The number of aromatic nitrogens is 2. The van der Waals surface area contributed by atoms with Crippen LogP contribution in [-0.4, -0.2) is 15.1 Å². The van der Waals surface area contributed by atoms with Crippen LogP contribution in [0.1, 0.15) is 5.82 Å². The highest BCUT2D eigenvalue weighted by Crippen LogP contribution is 2.23. The summed E-state index contributed by atoms with van der Waals surface area (Å²) in [6.45, 7) is 0. The monoisotopic (exact) mass is 392 g/mol. The molecule has 3 aromatic rings. The first-order chi connectivity index (χ1) is 13.1. The van der Waals surface area contributed by atoms with Crippen molar-refractivity contribution in [1.82, 2.24) is 14.9 Å².